The molecular weight excluding hydrogens is 474 g/mol. The van der Waals surface area contributed by atoms with E-state index in [0.29, 0.717) is 23.9 Å². The van der Waals surface area contributed by atoms with Crippen LogP contribution in [-0.4, -0.2) is 32.8 Å². The molecule has 5 aromatic rings. The van der Waals surface area contributed by atoms with E-state index >= 15 is 0 Å². The molecule has 180 valence electrons. The largest absolute Gasteiger partial charge is 0.493 e. The highest BCUT2D eigenvalue weighted by atomic mass is 32.1. The smallest absolute Gasteiger partial charge is 0.291 e. The maximum atomic E-state index is 13.0. The summed E-state index contributed by atoms with van der Waals surface area (Å²) in [6.45, 7) is 0.686. The number of aromatic nitrogens is 4. The first-order valence-corrected chi connectivity index (χ1v) is 12.1. The second-order valence-electron chi connectivity index (χ2n) is 7.80. The summed E-state index contributed by atoms with van der Waals surface area (Å²) in [4.78, 5) is 22.4. The third-order valence-corrected chi connectivity index (χ3v) is 6.24. The van der Waals surface area contributed by atoms with Crippen LogP contribution in [0.15, 0.2) is 90.6 Å². The van der Waals surface area contributed by atoms with Crippen LogP contribution in [0.5, 0.6) is 11.5 Å². The standard InChI is InChI=1S/C27H23N5O3S/c1-34-23-16-20(9-10-22(23)35-18-19-11-13-28-14-12-19)17-29-27(33)25-30-26(24-8-5-15-36-24)32(31-25)21-6-3-2-4-7-21/h2-16H,17-18H2,1H3,(H,29,33). The fourth-order valence-corrected chi connectivity index (χ4v) is 4.26. The summed E-state index contributed by atoms with van der Waals surface area (Å²) in [6, 6.07) is 22.9. The van der Waals surface area contributed by atoms with Gasteiger partial charge in [-0.1, -0.05) is 30.3 Å². The van der Waals surface area contributed by atoms with E-state index in [9.17, 15) is 4.79 Å². The van der Waals surface area contributed by atoms with Gasteiger partial charge in [-0.15, -0.1) is 16.4 Å². The van der Waals surface area contributed by atoms with E-state index in [1.807, 2.05) is 78.2 Å². The molecule has 0 atom stereocenters. The van der Waals surface area contributed by atoms with Gasteiger partial charge >= 0.3 is 0 Å². The monoisotopic (exact) mass is 497 g/mol. The van der Waals surface area contributed by atoms with Crippen molar-refractivity contribution in [1.82, 2.24) is 25.1 Å². The SMILES string of the molecule is COc1cc(CNC(=O)c2nc(-c3cccs3)n(-c3ccccc3)n2)ccc1OCc1ccncc1. The Morgan fingerprint density at radius 3 is 2.56 bits per heavy atom. The molecule has 0 aliphatic heterocycles. The summed E-state index contributed by atoms with van der Waals surface area (Å²) < 4.78 is 13.1. The molecule has 0 aliphatic carbocycles. The van der Waals surface area contributed by atoms with E-state index in [2.05, 4.69) is 20.4 Å². The van der Waals surface area contributed by atoms with Gasteiger partial charge in [0.15, 0.2) is 17.3 Å². The van der Waals surface area contributed by atoms with Crippen LogP contribution in [0.25, 0.3) is 16.4 Å². The number of rotatable bonds is 9. The summed E-state index contributed by atoms with van der Waals surface area (Å²) in [7, 11) is 1.59. The van der Waals surface area contributed by atoms with Gasteiger partial charge in [0.25, 0.3) is 5.91 Å². The molecule has 3 aromatic heterocycles. The molecular formula is C27H23N5O3S. The Kier molecular flexibility index (Phi) is 7.00. The van der Waals surface area contributed by atoms with Crippen LogP contribution in [0.1, 0.15) is 21.7 Å². The fraction of sp³-hybridized carbons (Fsp3) is 0.111. The van der Waals surface area contributed by atoms with Crippen molar-refractivity contribution in [3.05, 3.63) is 108 Å². The Bertz CT molecular complexity index is 1440. The van der Waals surface area contributed by atoms with Crippen LogP contribution < -0.4 is 14.8 Å². The first kappa shape index (κ1) is 23.3. The molecule has 0 aliphatic rings. The second-order valence-corrected chi connectivity index (χ2v) is 8.74. The number of thiophene rings is 1. The van der Waals surface area contributed by atoms with E-state index in [1.165, 1.54) is 0 Å². The van der Waals surface area contributed by atoms with Crippen LogP contribution in [0.3, 0.4) is 0 Å². The number of ether oxygens (including phenoxy) is 2. The third kappa shape index (κ3) is 5.26. The fourth-order valence-electron chi connectivity index (χ4n) is 3.57. The minimum absolute atomic E-state index is 0.103. The highest BCUT2D eigenvalue weighted by Gasteiger charge is 2.19. The zero-order valence-electron chi connectivity index (χ0n) is 19.5. The van der Waals surface area contributed by atoms with Crippen LogP contribution in [0.4, 0.5) is 0 Å². The van der Waals surface area contributed by atoms with E-state index in [4.69, 9.17) is 9.47 Å². The summed E-state index contributed by atoms with van der Waals surface area (Å²) >= 11 is 1.54. The second kappa shape index (κ2) is 10.8. The van der Waals surface area contributed by atoms with Crippen LogP contribution in [0.2, 0.25) is 0 Å². The van der Waals surface area contributed by atoms with E-state index < -0.39 is 0 Å². The summed E-state index contributed by atoms with van der Waals surface area (Å²) in [6.07, 6.45) is 3.45. The average molecular weight is 498 g/mol. The van der Waals surface area contributed by atoms with Crippen molar-refractivity contribution >= 4 is 17.2 Å². The molecule has 1 N–H and O–H groups in total. The Morgan fingerprint density at radius 2 is 1.81 bits per heavy atom. The molecule has 0 spiro atoms. The maximum absolute atomic E-state index is 13.0. The number of benzene rings is 2. The number of hydrogen-bond donors (Lipinski definition) is 1. The van der Waals surface area contributed by atoms with E-state index in [1.54, 1.807) is 35.5 Å². The van der Waals surface area contributed by atoms with Crippen LogP contribution in [0, 0.1) is 0 Å². The predicted octanol–water partition coefficient (Wildman–Crippen LogP) is 4.91. The van der Waals surface area contributed by atoms with Crippen molar-refractivity contribution in [2.45, 2.75) is 13.2 Å². The van der Waals surface area contributed by atoms with Gasteiger partial charge in [-0.3, -0.25) is 9.78 Å². The summed E-state index contributed by atoms with van der Waals surface area (Å²) in [5.74, 6) is 1.57. The molecule has 0 bridgehead atoms. The summed E-state index contributed by atoms with van der Waals surface area (Å²) in [5.41, 5.74) is 2.70. The number of nitrogens with zero attached hydrogens (tertiary/aromatic N) is 4. The molecule has 0 unspecified atom stereocenters. The van der Waals surface area contributed by atoms with Crippen molar-refractivity contribution in [1.29, 1.82) is 0 Å². The zero-order valence-corrected chi connectivity index (χ0v) is 20.3. The molecule has 5 rings (SSSR count). The number of carbonyl (C=O) groups is 1. The topological polar surface area (TPSA) is 91.2 Å². The first-order valence-electron chi connectivity index (χ1n) is 11.2. The number of pyridine rings is 1. The Morgan fingerprint density at radius 1 is 0.972 bits per heavy atom. The van der Waals surface area contributed by atoms with Crippen molar-refractivity contribution < 1.29 is 14.3 Å². The van der Waals surface area contributed by atoms with Crippen LogP contribution in [-0.2, 0) is 13.2 Å². The Balaban J connectivity index is 1.29. The van der Waals surface area contributed by atoms with Crippen molar-refractivity contribution in [3.8, 4) is 27.9 Å². The third-order valence-electron chi connectivity index (χ3n) is 5.38. The molecule has 0 radical (unpaired) electrons. The van der Waals surface area contributed by atoms with Crippen molar-refractivity contribution in [3.63, 3.8) is 0 Å². The normalized spacial score (nSPS) is 10.7. The summed E-state index contributed by atoms with van der Waals surface area (Å²) in [5, 5.41) is 9.37. The molecule has 9 heteroatoms. The Labute approximate surface area is 212 Å². The maximum Gasteiger partial charge on any atom is 0.291 e. The number of nitrogens with one attached hydrogen (secondary N) is 1. The van der Waals surface area contributed by atoms with Gasteiger partial charge in [0.05, 0.1) is 17.7 Å². The highest BCUT2D eigenvalue weighted by Crippen LogP contribution is 2.29. The number of hydrogen-bond acceptors (Lipinski definition) is 7. The average Bonchev–Trinajstić information content (AvgIpc) is 3.62. The van der Waals surface area contributed by atoms with Gasteiger partial charge in [-0.05, 0) is 59.0 Å². The first-order chi connectivity index (χ1) is 17.7. The lowest BCUT2D eigenvalue weighted by Gasteiger charge is -2.12. The molecule has 36 heavy (non-hydrogen) atoms. The van der Waals surface area contributed by atoms with Gasteiger partial charge in [-0.2, -0.15) is 0 Å². The number of para-hydroxylation sites is 1. The highest BCUT2D eigenvalue weighted by molar-refractivity contribution is 7.13. The van der Waals surface area contributed by atoms with Gasteiger partial charge in [0.2, 0.25) is 5.82 Å². The molecule has 3 heterocycles. The molecule has 0 saturated heterocycles. The number of amides is 1. The molecule has 0 saturated carbocycles. The molecule has 8 nitrogen and oxygen atoms in total. The van der Waals surface area contributed by atoms with Crippen LogP contribution >= 0.6 is 11.3 Å². The predicted molar refractivity (Wildman–Crippen MR) is 137 cm³/mol. The van der Waals surface area contributed by atoms with Gasteiger partial charge in [0.1, 0.15) is 6.61 Å². The quantitative estimate of drug-likeness (QED) is 0.311. The minimum Gasteiger partial charge on any atom is -0.493 e. The molecule has 2 aromatic carbocycles. The lowest BCUT2D eigenvalue weighted by Crippen LogP contribution is -2.24. The lowest BCUT2D eigenvalue weighted by molar-refractivity contribution is 0.0940. The van der Waals surface area contributed by atoms with Crippen molar-refractivity contribution in [2.75, 3.05) is 7.11 Å². The molecule has 0 fully saturated rings. The van der Waals surface area contributed by atoms with Gasteiger partial charge in [-0.25, -0.2) is 9.67 Å². The lowest BCUT2D eigenvalue weighted by atomic mass is 10.2. The van der Waals surface area contributed by atoms with Gasteiger partial charge in [0, 0.05) is 18.9 Å². The minimum atomic E-state index is -0.362. The number of methoxy groups -OCH3 is 1. The van der Waals surface area contributed by atoms with E-state index in [0.717, 1.165) is 21.7 Å². The number of carbonyl (C=O) groups excluding carboxylic acids is 1. The zero-order chi connectivity index (χ0) is 24.7. The molecule has 1 amide bonds. The Hall–Kier alpha value is -4.50. The van der Waals surface area contributed by atoms with Crippen molar-refractivity contribution in [2.24, 2.45) is 0 Å². The van der Waals surface area contributed by atoms with E-state index in [-0.39, 0.29) is 18.3 Å². The van der Waals surface area contributed by atoms with Gasteiger partial charge < -0.3 is 14.8 Å².